The van der Waals surface area contributed by atoms with Crippen LogP contribution in [0.1, 0.15) is 0 Å². The summed E-state index contributed by atoms with van der Waals surface area (Å²) in [5.41, 5.74) is -5.48. The van der Waals surface area contributed by atoms with Crippen molar-refractivity contribution in [1.82, 2.24) is 0 Å². The molecule has 0 aliphatic rings. The van der Waals surface area contributed by atoms with Crippen LogP contribution in [0.25, 0.3) is 0 Å². The molecule has 0 radical (unpaired) electrons. The first-order valence-corrected chi connectivity index (χ1v) is 14.2. The summed E-state index contributed by atoms with van der Waals surface area (Å²) in [5.74, 6) is 0. The van der Waals surface area contributed by atoms with Gasteiger partial charge in [-0.25, -0.2) is 0 Å². The van der Waals surface area contributed by atoms with Crippen molar-refractivity contribution in [2.75, 3.05) is 0 Å². The van der Waals surface area contributed by atoms with Gasteiger partial charge in [-0.3, -0.25) is 0 Å². The standard InChI is InChI=1S/Cl6PSi2/c1-8(2,3)7-9(4,5)6/q-1. The van der Waals surface area contributed by atoms with Crippen LogP contribution in [0.15, 0.2) is 0 Å². The molecule has 0 nitrogen and oxygen atoms in total. The molecule has 9 heteroatoms. The van der Waals surface area contributed by atoms with Gasteiger partial charge in [-0.2, -0.15) is 66.5 Å². The van der Waals surface area contributed by atoms with Crippen LogP contribution in [-0.2, 0) is 0 Å². The van der Waals surface area contributed by atoms with Crippen molar-refractivity contribution in [1.29, 1.82) is 0 Å². The van der Waals surface area contributed by atoms with E-state index in [1.165, 1.54) is 0 Å². The second-order valence-corrected chi connectivity index (χ2v) is 28.3. The van der Waals surface area contributed by atoms with Crippen molar-refractivity contribution >= 4 is 85.5 Å². The van der Waals surface area contributed by atoms with Crippen molar-refractivity contribution in [3.05, 3.63) is 0 Å². The summed E-state index contributed by atoms with van der Waals surface area (Å²) in [6.07, 6.45) is 0. The SMILES string of the molecule is Cl[Si](Cl)(Cl)[P-][Si](Cl)(Cl)Cl. The Bertz CT molecular complexity index is 76.2. The Morgan fingerprint density at radius 1 is 0.667 bits per heavy atom. The molecule has 0 fully saturated rings. The fourth-order valence-electron chi connectivity index (χ4n) is 0.144. The number of halogens is 6. The maximum Gasteiger partial charge on any atom is 0.201 e. The van der Waals surface area contributed by atoms with E-state index in [-0.39, 0.29) is 0 Å². The van der Waals surface area contributed by atoms with E-state index in [0.717, 1.165) is 0 Å². The topological polar surface area (TPSA) is 0 Å². The van der Waals surface area contributed by atoms with Crippen molar-refractivity contribution in [3.63, 3.8) is 0 Å². The van der Waals surface area contributed by atoms with E-state index in [2.05, 4.69) is 0 Å². The molecule has 0 amide bonds. The molecule has 0 aromatic heterocycles. The molecule has 56 valence electrons. The highest BCUT2D eigenvalue weighted by Gasteiger charge is 2.22. The summed E-state index contributed by atoms with van der Waals surface area (Å²) in [7, 11) is 0.403. The molecule has 9 heavy (non-hydrogen) atoms. The highest BCUT2D eigenvalue weighted by atomic mass is 35.9. The molecule has 0 unspecified atom stereocenters. The lowest BCUT2D eigenvalue weighted by atomic mass is 27.2. The van der Waals surface area contributed by atoms with E-state index in [0.29, 0.717) is 7.68 Å². The van der Waals surface area contributed by atoms with Crippen LogP contribution in [0.3, 0.4) is 0 Å². The Labute approximate surface area is 84.8 Å². The molecule has 0 aromatic carbocycles. The Hall–Kier alpha value is 2.60. The quantitative estimate of drug-likeness (QED) is 0.406. The molecule has 0 saturated heterocycles. The van der Waals surface area contributed by atoms with Crippen LogP contribution < -0.4 is 0 Å². The highest BCUT2D eigenvalue weighted by Crippen LogP contribution is 2.50. The number of hydrogen-bond donors (Lipinski definition) is 0. The van der Waals surface area contributed by atoms with E-state index in [9.17, 15) is 0 Å². The minimum Gasteiger partial charge on any atom is -0.443 e. The normalized spacial score (nSPS) is 14.0. The van der Waals surface area contributed by atoms with Gasteiger partial charge in [0.2, 0.25) is 11.3 Å². The molecule has 0 spiro atoms. The second-order valence-electron chi connectivity index (χ2n) is 1.05. The Kier molecular flexibility index (Phi) is 5.18. The predicted molar refractivity (Wildman–Crippen MR) is 53.5 cm³/mol. The smallest absolute Gasteiger partial charge is 0.201 e. The van der Waals surface area contributed by atoms with E-state index >= 15 is 0 Å². The summed E-state index contributed by atoms with van der Waals surface area (Å²) in [5, 5.41) is 0. The minimum absolute atomic E-state index is 0.403. The zero-order chi connectivity index (χ0) is 7.71. The molecule has 0 aliphatic heterocycles. The van der Waals surface area contributed by atoms with Gasteiger partial charge in [-0.05, 0) is 0 Å². The molecule has 0 rings (SSSR count). The molecule has 0 heterocycles. The van der Waals surface area contributed by atoms with Gasteiger partial charge in [0.25, 0.3) is 0 Å². The van der Waals surface area contributed by atoms with Gasteiger partial charge >= 0.3 is 0 Å². The van der Waals surface area contributed by atoms with E-state index in [1.807, 2.05) is 0 Å². The van der Waals surface area contributed by atoms with Gasteiger partial charge in [0.15, 0.2) is 0 Å². The summed E-state index contributed by atoms with van der Waals surface area (Å²) < 4.78 is 0. The van der Waals surface area contributed by atoms with Crippen LogP contribution in [-0.4, -0.2) is 11.3 Å². The van der Waals surface area contributed by atoms with E-state index in [4.69, 9.17) is 66.5 Å². The predicted octanol–water partition coefficient (Wildman–Crippen LogP) is 4.24. The monoisotopic (exact) mass is 297 g/mol. The van der Waals surface area contributed by atoms with Gasteiger partial charge in [-0.1, -0.05) is 0 Å². The van der Waals surface area contributed by atoms with Crippen molar-refractivity contribution in [2.45, 2.75) is 0 Å². The Morgan fingerprint density at radius 3 is 0.889 bits per heavy atom. The van der Waals surface area contributed by atoms with Gasteiger partial charge < -0.3 is 7.68 Å². The third-order valence-corrected chi connectivity index (χ3v) is 20.5. The van der Waals surface area contributed by atoms with Crippen LogP contribution >= 0.6 is 74.2 Å². The lowest BCUT2D eigenvalue weighted by Gasteiger charge is -2.29. The van der Waals surface area contributed by atoms with Crippen LogP contribution in [0.5, 0.6) is 0 Å². The molecule has 0 aliphatic carbocycles. The first-order chi connectivity index (χ1) is 3.71. The first-order valence-electron chi connectivity index (χ1n) is 1.58. The second kappa shape index (κ2) is 4.02. The molecule has 0 aromatic rings. The third-order valence-electron chi connectivity index (χ3n) is 0.254. The van der Waals surface area contributed by atoms with Crippen molar-refractivity contribution in [3.8, 4) is 0 Å². The Morgan fingerprint density at radius 2 is 0.889 bits per heavy atom. The van der Waals surface area contributed by atoms with Crippen LogP contribution in [0, 0.1) is 0 Å². The zero-order valence-electron chi connectivity index (χ0n) is 3.72. The fourth-order valence-corrected chi connectivity index (χ4v) is 34.9. The highest BCUT2D eigenvalue weighted by molar-refractivity contribution is 8.36. The summed E-state index contributed by atoms with van der Waals surface area (Å²) in [6.45, 7) is 0. The lowest BCUT2D eigenvalue weighted by molar-refractivity contribution is 3.72. The fraction of sp³-hybridized carbons (Fsp3) is 0. The molecule has 0 bridgehead atoms. The largest absolute Gasteiger partial charge is 0.443 e. The third kappa shape index (κ3) is 10.6. The zero-order valence-corrected chi connectivity index (χ0v) is 11.1. The van der Waals surface area contributed by atoms with Crippen LogP contribution in [0.4, 0.5) is 0 Å². The number of hydrogen-bond acceptors (Lipinski definition) is 0. The van der Waals surface area contributed by atoms with E-state index < -0.39 is 11.3 Å². The average molecular weight is 300 g/mol. The van der Waals surface area contributed by atoms with E-state index in [1.54, 1.807) is 0 Å². The van der Waals surface area contributed by atoms with Gasteiger partial charge in [-0.15, -0.1) is 0 Å². The van der Waals surface area contributed by atoms with Gasteiger partial charge in [0, 0.05) is 0 Å². The number of rotatable bonds is 2. The lowest BCUT2D eigenvalue weighted by Crippen LogP contribution is -2.12. The molecule has 0 atom stereocenters. The maximum absolute atomic E-state index is 5.46. The van der Waals surface area contributed by atoms with Gasteiger partial charge in [0.1, 0.15) is 0 Å². The summed E-state index contributed by atoms with van der Waals surface area (Å²) in [4.78, 5) is 0. The summed E-state index contributed by atoms with van der Waals surface area (Å²) >= 11 is 32.7. The molecular weight excluding hydrogens is 300 g/mol. The molecule has 0 saturated carbocycles. The minimum atomic E-state index is -2.74. The molecular formula is Cl6PSi2-. The first kappa shape index (κ1) is 11.6. The average Bonchev–Trinajstić information content (AvgIpc) is 1.14. The maximum atomic E-state index is 5.46. The van der Waals surface area contributed by atoms with Crippen molar-refractivity contribution < 1.29 is 0 Å². The van der Waals surface area contributed by atoms with Gasteiger partial charge in [0.05, 0.1) is 0 Å². The Balaban J connectivity index is 3.75. The van der Waals surface area contributed by atoms with Crippen molar-refractivity contribution in [2.24, 2.45) is 0 Å². The van der Waals surface area contributed by atoms with Crippen LogP contribution in [0.2, 0.25) is 0 Å². The molecule has 0 N–H and O–H groups in total. The summed E-state index contributed by atoms with van der Waals surface area (Å²) in [6, 6.07) is 0.